The highest BCUT2D eigenvalue weighted by Crippen LogP contribution is 2.38. The van der Waals surface area contributed by atoms with Crippen LogP contribution >= 0.6 is 27.3 Å². The number of methoxy groups -OCH3 is 1. The molecular formula is C22H27BrN4O5SSi. The van der Waals surface area contributed by atoms with Crippen molar-refractivity contribution in [3.63, 3.8) is 0 Å². The number of thiazole rings is 1. The van der Waals surface area contributed by atoms with E-state index in [9.17, 15) is 14.7 Å². The predicted molar refractivity (Wildman–Crippen MR) is 136 cm³/mol. The molecule has 3 amide bonds. The molecular weight excluding hydrogens is 540 g/mol. The minimum atomic E-state index is -1.48. The van der Waals surface area contributed by atoms with E-state index in [4.69, 9.17) is 9.47 Å². The first-order valence-electron chi connectivity index (χ1n) is 10.7. The van der Waals surface area contributed by atoms with E-state index in [1.165, 1.54) is 11.3 Å². The van der Waals surface area contributed by atoms with Crippen LogP contribution in [0.5, 0.6) is 11.6 Å². The molecule has 12 heteroatoms. The van der Waals surface area contributed by atoms with Crippen LogP contribution in [0.25, 0.3) is 10.8 Å². The van der Waals surface area contributed by atoms with Gasteiger partial charge in [-0.3, -0.25) is 4.79 Å². The van der Waals surface area contributed by atoms with E-state index in [0.29, 0.717) is 27.4 Å². The van der Waals surface area contributed by atoms with Gasteiger partial charge < -0.3 is 24.5 Å². The second-order valence-corrected chi connectivity index (χ2v) is 16.7. The van der Waals surface area contributed by atoms with Crippen molar-refractivity contribution in [3.05, 3.63) is 39.4 Å². The van der Waals surface area contributed by atoms with Crippen molar-refractivity contribution in [3.8, 4) is 11.6 Å². The smallest absolute Gasteiger partial charge is 0.327 e. The molecule has 4 rings (SSSR count). The zero-order valence-corrected chi connectivity index (χ0v) is 22.8. The number of benzene rings is 1. The van der Waals surface area contributed by atoms with Crippen molar-refractivity contribution in [2.24, 2.45) is 0 Å². The molecule has 182 valence electrons. The minimum absolute atomic E-state index is 0.0317. The van der Waals surface area contributed by atoms with Crippen LogP contribution in [0.1, 0.15) is 5.01 Å². The Morgan fingerprint density at radius 1 is 1.29 bits per heavy atom. The van der Waals surface area contributed by atoms with Gasteiger partial charge in [-0.15, -0.1) is 11.3 Å². The summed E-state index contributed by atoms with van der Waals surface area (Å²) in [5.41, 5.74) is -1.48. The highest BCUT2D eigenvalue weighted by atomic mass is 79.9. The van der Waals surface area contributed by atoms with E-state index in [1.54, 1.807) is 35.4 Å². The summed E-state index contributed by atoms with van der Waals surface area (Å²) in [5, 5.41) is 17.3. The topological polar surface area (TPSA) is 106 Å². The number of hydrogen-bond donors (Lipinski definition) is 2. The average Bonchev–Trinajstić information content (AvgIpc) is 3.41. The van der Waals surface area contributed by atoms with Crippen LogP contribution in [0.2, 0.25) is 25.7 Å². The number of hydrogen-bond acceptors (Lipinski definition) is 7. The number of aromatic nitrogens is 2. The van der Waals surface area contributed by atoms with Crippen molar-refractivity contribution >= 4 is 58.1 Å². The number of urea groups is 1. The summed E-state index contributed by atoms with van der Waals surface area (Å²) in [5.74, 6) is 0.101. The number of fused-ring (bicyclic) bond motifs is 1. The molecule has 0 radical (unpaired) electrons. The number of amides is 3. The van der Waals surface area contributed by atoms with Gasteiger partial charge in [0, 0.05) is 37.0 Å². The third-order valence-corrected chi connectivity index (χ3v) is 9.13. The molecule has 0 unspecified atom stereocenters. The molecule has 2 aromatic heterocycles. The molecule has 34 heavy (non-hydrogen) atoms. The van der Waals surface area contributed by atoms with Crippen LogP contribution in [-0.2, 0) is 21.6 Å². The average molecular weight is 568 g/mol. The molecule has 3 heterocycles. The van der Waals surface area contributed by atoms with Crippen LogP contribution in [0.3, 0.4) is 0 Å². The van der Waals surface area contributed by atoms with Crippen LogP contribution < -0.4 is 10.1 Å². The standard InChI is InChI=1S/C22H27BrN4O5SSi/c1-31-15-6-5-14-10-26(18(28)16(14)9-15)12-22(19-24-17(23)11-33-19)20(29)27(21(30)25-22)13-32-7-8-34(2,3)4/h5-6,9-11,28H,7-8,12-13H2,1-4H3,(H,25,30)/t22-/m0/s1. The monoisotopic (exact) mass is 566 g/mol. The summed E-state index contributed by atoms with van der Waals surface area (Å²) >= 11 is 4.59. The number of nitrogens with one attached hydrogen (secondary N) is 1. The Labute approximate surface area is 210 Å². The van der Waals surface area contributed by atoms with Crippen LogP contribution in [0.4, 0.5) is 4.79 Å². The summed E-state index contributed by atoms with van der Waals surface area (Å²) in [6.45, 7) is 7.01. The molecule has 1 saturated heterocycles. The molecule has 1 atom stereocenters. The zero-order valence-electron chi connectivity index (χ0n) is 19.4. The molecule has 2 N–H and O–H groups in total. The first-order chi connectivity index (χ1) is 16.0. The van der Waals surface area contributed by atoms with E-state index in [-0.39, 0.29) is 19.2 Å². The molecule has 1 aliphatic heterocycles. The Morgan fingerprint density at radius 3 is 2.71 bits per heavy atom. The number of ether oxygens (including phenoxy) is 2. The van der Waals surface area contributed by atoms with Gasteiger partial charge in [0.05, 0.1) is 13.7 Å². The minimum Gasteiger partial charge on any atom is -0.497 e. The number of rotatable bonds is 9. The lowest BCUT2D eigenvalue weighted by Crippen LogP contribution is -2.47. The second-order valence-electron chi connectivity index (χ2n) is 9.43. The van der Waals surface area contributed by atoms with Crippen molar-refractivity contribution in [2.75, 3.05) is 20.4 Å². The fourth-order valence-corrected chi connectivity index (χ4v) is 5.92. The highest BCUT2D eigenvalue weighted by molar-refractivity contribution is 9.10. The van der Waals surface area contributed by atoms with Crippen molar-refractivity contribution < 1.29 is 24.2 Å². The number of carbonyl (C=O) groups excluding carboxylic acids is 2. The number of carbonyl (C=O) groups is 2. The van der Waals surface area contributed by atoms with E-state index >= 15 is 0 Å². The first kappa shape index (κ1) is 24.7. The molecule has 1 fully saturated rings. The largest absolute Gasteiger partial charge is 0.497 e. The molecule has 0 saturated carbocycles. The Hall–Kier alpha value is -2.41. The molecule has 9 nitrogen and oxygen atoms in total. The summed E-state index contributed by atoms with van der Waals surface area (Å²) in [6, 6.07) is 5.71. The Bertz CT molecular complexity index is 1240. The summed E-state index contributed by atoms with van der Waals surface area (Å²) in [4.78, 5) is 32.1. The van der Waals surface area contributed by atoms with Gasteiger partial charge in [0.1, 0.15) is 22.1 Å². The fraction of sp³-hybridized carbons (Fsp3) is 0.409. The number of halogens is 1. The lowest BCUT2D eigenvalue weighted by atomic mass is 10.0. The highest BCUT2D eigenvalue weighted by Gasteiger charge is 2.55. The fourth-order valence-electron chi connectivity index (χ4n) is 3.78. The maximum absolute atomic E-state index is 13.7. The van der Waals surface area contributed by atoms with E-state index in [0.717, 1.165) is 16.3 Å². The van der Waals surface area contributed by atoms with Gasteiger partial charge >= 0.3 is 6.03 Å². The van der Waals surface area contributed by atoms with Gasteiger partial charge in [0.25, 0.3) is 5.91 Å². The number of aromatic hydroxyl groups is 1. The lowest BCUT2D eigenvalue weighted by molar-refractivity contribution is -0.135. The van der Waals surface area contributed by atoms with Crippen molar-refractivity contribution in [1.82, 2.24) is 19.8 Å². The van der Waals surface area contributed by atoms with Crippen LogP contribution in [-0.4, -0.2) is 60.0 Å². The third kappa shape index (κ3) is 4.72. The first-order valence-corrected chi connectivity index (χ1v) is 16.1. The Balaban J connectivity index is 1.66. The van der Waals surface area contributed by atoms with Gasteiger partial charge in [-0.2, -0.15) is 0 Å². The third-order valence-electron chi connectivity index (χ3n) is 5.71. The van der Waals surface area contributed by atoms with Crippen molar-refractivity contribution in [1.29, 1.82) is 0 Å². The summed E-state index contributed by atoms with van der Waals surface area (Å²) in [6.07, 6.45) is 1.74. The lowest BCUT2D eigenvalue weighted by Gasteiger charge is -2.25. The van der Waals surface area contributed by atoms with Gasteiger partial charge in [-0.05, 0) is 40.2 Å². The SMILES string of the molecule is COc1ccc2cn(C[C@@]3(c4nc(Br)cs4)NC(=O)N(COCC[Si](C)(C)C)C3=O)c(O)c2c1. The Kier molecular flexibility index (Phi) is 6.77. The maximum Gasteiger partial charge on any atom is 0.327 e. The van der Waals surface area contributed by atoms with Crippen LogP contribution in [0, 0.1) is 0 Å². The summed E-state index contributed by atoms with van der Waals surface area (Å²) < 4.78 is 13.1. The van der Waals surface area contributed by atoms with E-state index in [2.05, 4.69) is 45.9 Å². The van der Waals surface area contributed by atoms with E-state index in [1.807, 2.05) is 6.07 Å². The van der Waals surface area contributed by atoms with Crippen LogP contribution in [0.15, 0.2) is 34.4 Å². The molecule has 1 aromatic carbocycles. The maximum atomic E-state index is 13.7. The van der Waals surface area contributed by atoms with Gasteiger partial charge in [-0.25, -0.2) is 14.7 Å². The number of nitrogens with zero attached hydrogens (tertiary/aromatic N) is 3. The molecule has 0 spiro atoms. The second kappa shape index (κ2) is 9.32. The van der Waals surface area contributed by atoms with Crippen molar-refractivity contribution in [2.45, 2.75) is 37.8 Å². The molecule has 1 aliphatic rings. The van der Waals surface area contributed by atoms with E-state index < -0.39 is 25.6 Å². The summed E-state index contributed by atoms with van der Waals surface area (Å²) in [7, 11) is 0.244. The Morgan fingerprint density at radius 2 is 2.06 bits per heavy atom. The predicted octanol–water partition coefficient (Wildman–Crippen LogP) is 4.33. The normalized spacial score (nSPS) is 18.7. The molecule has 3 aromatic rings. The van der Waals surface area contributed by atoms with Gasteiger partial charge in [0.2, 0.25) is 0 Å². The zero-order chi connectivity index (χ0) is 24.7. The quantitative estimate of drug-likeness (QED) is 0.227. The molecule has 0 aliphatic carbocycles. The number of imide groups is 1. The van der Waals surface area contributed by atoms with Gasteiger partial charge in [-0.1, -0.05) is 19.6 Å². The van der Waals surface area contributed by atoms with Gasteiger partial charge in [0.15, 0.2) is 11.4 Å². The molecule has 0 bridgehead atoms.